The summed E-state index contributed by atoms with van der Waals surface area (Å²) in [6.45, 7) is 0.124. The molecule has 1 aromatic heterocycles. The predicted octanol–water partition coefficient (Wildman–Crippen LogP) is 4.91. The topological polar surface area (TPSA) is 62.7 Å². The highest BCUT2D eigenvalue weighted by molar-refractivity contribution is 6.30. The molecule has 0 spiro atoms. The van der Waals surface area contributed by atoms with Crippen molar-refractivity contribution in [2.24, 2.45) is 0 Å². The lowest BCUT2D eigenvalue weighted by Crippen LogP contribution is -2.28. The number of halogens is 3. The Balaban J connectivity index is 1.82. The van der Waals surface area contributed by atoms with Gasteiger partial charge in [0.25, 0.3) is 11.8 Å². The highest BCUT2D eigenvalue weighted by Gasteiger charge is 2.41. The number of hydrogen-bond acceptors (Lipinski definition) is 4. The van der Waals surface area contributed by atoms with Gasteiger partial charge in [-0.05, 0) is 42.0 Å². The van der Waals surface area contributed by atoms with E-state index < -0.39 is 23.7 Å². The Morgan fingerprint density at radius 2 is 1.84 bits per heavy atom. The van der Waals surface area contributed by atoms with Gasteiger partial charge < -0.3 is 4.90 Å². The lowest BCUT2D eigenvalue weighted by Gasteiger charge is -2.26. The second-order valence-corrected chi connectivity index (χ2v) is 8.13. The summed E-state index contributed by atoms with van der Waals surface area (Å²) in [5.41, 5.74) is 1.60. The Kier molecular flexibility index (Phi) is 6.15. The highest BCUT2D eigenvalue weighted by Crippen LogP contribution is 2.41. The van der Waals surface area contributed by atoms with Gasteiger partial charge in [0.05, 0.1) is 30.4 Å². The van der Waals surface area contributed by atoms with Crippen LogP contribution in [0.1, 0.15) is 43.6 Å². The first-order chi connectivity index (χ1) is 15.3. The molecule has 0 N–H and O–H groups in total. The number of amides is 2. The molecule has 0 radical (unpaired) electrons. The maximum atomic E-state index is 15.4. The smallest absolute Gasteiger partial charge is 0.277 e. The minimum Gasteiger partial charge on any atom is -0.321 e. The van der Waals surface area contributed by atoms with Crippen LogP contribution in [0.25, 0.3) is 0 Å². The molecule has 1 atom stereocenters. The molecule has 9 heteroatoms. The van der Waals surface area contributed by atoms with Crippen LogP contribution in [0.3, 0.4) is 0 Å². The molecule has 0 saturated carbocycles. The molecule has 164 valence electrons. The van der Waals surface area contributed by atoms with E-state index in [1.807, 2.05) is 0 Å². The molecule has 1 aliphatic rings. The van der Waals surface area contributed by atoms with E-state index in [0.717, 1.165) is 11.1 Å². The number of pyridine rings is 1. The number of carbonyl (C=O) groups excluding carboxylic acids is 2. The molecule has 1 unspecified atom stereocenters. The molecular formula is C23H18Cl2FN3O3. The number of hydroxylamine groups is 2. The molecule has 32 heavy (non-hydrogen) atoms. The fraction of sp³-hybridized carbons (Fsp3) is 0.174. The Labute approximate surface area is 194 Å². The van der Waals surface area contributed by atoms with Crippen LogP contribution in [0.2, 0.25) is 10.0 Å². The number of nitrogens with zero attached hydrogens (tertiary/aromatic N) is 3. The Morgan fingerprint density at radius 3 is 2.47 bits per heavy atom. The van der Waals surface area contributed by atoms with Gasteiger partial charge in [0.15, 0.2) is 0 Å². The van der Waals surface area contributed by atoms with Gasteiger partial charge in [-0.2, -0.15) is 0 Å². The van der Waals surface area contributed by atoms with Gasteiger partial charge in [0.1, 0.15) is 5.82 Å². The molecule has 0 aliphatic carbocycles. The lowest BCUT2D eigenvalue weighted by atomic mass is 9.95. The second kappa shape index (κ2) is 8.86. The zero-order valence-corrected chi connectivity index (χ0v) is 18.7. The molecule has 4 rings (SSSR count). The zero-order valence-electron chi connectivity index (χ0n) is 17.2. The van der Waals surface area contributed by atoms with E-state index in [-0.39, 0.29) is 23.2 Å². The third kappa shape index (κ3) is 4.07. The van der Waals surface area contributed by atoms with Crippen molar-refractivity contribution in [3.05, 3.63) is 98.5 Å². The Bertz CT molecular complexity index is 1190. The summed E-state index contributed by atoms with van der Waals surface area (Å²) >= 11 is 12.0. The fourth-order valence-corrected chi connectivity index (χ4v) is 3.96. The third-order valence-electron chi connectivity index (χ3n) is 5.32. The van der Waals surface area contributed by atoms with Crippen LogP contribution in [0.15, 0.2) is 54.7 Å². The first-order valence-corrected chi connectivity index (χ1v) is 10.4. The molecule has 0 saturated heterocycles. The van der Waals surface area contributed by atoms with Crippen LogP contribution < -0.4 is 0 Å². The van der Waals surface area contributed by atoms with Crippen LogP contribution in [-0.2, 0) is 11.4 Å². The lowest BCUT2D eigenvalue weighted by molar-refractivity contribution is -0.0757. The zero-order chi connectivity index (χ0) is 23.0. The average Bonchev–Trinajstić information content (AvgIpc) is 3.07. The molecule has 2 heterocycles. The van der Waals surface area contributed by atoms with Crippen molar-refractivity contribution < 1.29 is 18.8 Å². The largest absolute Gasteiger partial charge is 0.321 e. The normalized spacial score (nSPS) is 15.1. The van der Waals surface area contributed by atoms with Gasteiger partial charge in [0.2, 0.25) is 0 Å². The number of fused-ring (bicyclic) bond motifs is 1. The molecule has 1 aliphatic heterocycles. The van der Waals surface area contributed by atoms with E-state index in [2.05, 4.69) is 4.98 Å². The SMILES string of the molecule is CON(C)C(=O)c1cc(F)c2c(c1)C(=O)N(Cc1ccc(Cl)cn1)C2c1ccc(Cl)cc1. The monoisotopic (exact) mass is 473 g/mol. The van der Waals surface area contributed by atoms with E-state index >= 15 is 4.39 Å². The molecule has 2 aromatic carbocycles. The molecular weight excluding hydrogens is 456 g/mol. The van der Waals surface area contributed by atoms with Gasteiger partial charge in [-0.1, -0.05) is 35.3 Å². The van der Waals surface area contributed by atoms with Gasteiger partial charge in [-0.15, -0.1) is 0 Å². The van der Waals surface area contributed by atoms with Crippen molar-refractivity contribution in [2.45, 2.75) is 12.6 Å². The minimum absolute atomic E-state index is 0.0141. The highest BCUT2D eigenvalue weighted by atomic mass is 35.5. The van der Waals surface area contributed by atoms with Crippen LogP contribution in [-0.4, -0.2) is 40.9 Å². The summed E-state index contributed by atoms with van der Waals surface area (Å²) in [5, 5.41) is 1.95. The summed E-state index contributed by atoms with van der Waals surface area (Å²) in [6, 6.07) is 12.0. The van der Waals surface area contributed by atoms with Crippen LogP contribution in [0, 0.1) is 5.82 Å². The summed E-state index contributed by atoms with van der Waals surface area (Å²) in [7, 11) is 2.73. The second-order valence-electron chi connectivity index (χ2n) is 7.26. The molecule has 0 fully saturated rings. The van der Waals surface area contributed by atoms with Crippen molar-refractivity contribution in [3.8, 4) is 0 Å². The van der Waals surface area contributed by atoms with Crippen molar-refractivity contribution in [1.29, 1.82) is 0 Å². The standard InChI is InChI=1S/C23H18Cl2FN3O3/c1-28(32-2)22(30)14-9-18-20(19(26)10-14)21(13-3-5-15(24)6-4-13)29(23(18)31)12-17-8-7-16(25)11-27-17/h3-11,21H,12H2,1-2H3. The molecule has 6 nitrogen and oxygen atoms in total. The number of aromatic nitrogens is 1. The van der Waals surface area contributed by atoms with Gasteiger partial charge in [-0.3, -0.25) is 19.4 Å². The number of benzene rings is 2. The van der Waals surface area contributed by atoms with Gasteiger partial charge in [0, 0.05) is 35.0 Å². The summed E-state index contributed by atoms with van der Waals surface area (Å²) < 4.78 is 15.4. The van der Waals surface area contributed by atoms with E-state index in [1.165, 1.54) is 31.3 Å². The van der Waals surface area contributed by atoms with Gasteiger partial charge >= 0.3 is 0 Å². The molecule has 0 bridgehead atoms. The summed E-state index contributed by atoms with van der Waals surface area (Å²) in [4.78, 5) is 36.6. The van der Waals surface area contributed by atoms with Crippen LogP contribution >= 0.6 is 23.2 Å². The van der Waals surface area contributed by atoms with E-state index in [4.69, 9.17) is 28.0 Å². The number of carbonyl (C=O) groups is 2. The third-order valence-corrected chi connectivity index (χ3v) is 5.80. The fourth-order valence-electron chi connectivity index (χ4n) is 3.72. The summed E-state index contributed by atoms with van der Waals surface area (Å²) in [6.07, 6.45) is 1.49. The summed E-state index contributed by atoms with van der Waals surface area (Å²) in [5.74, 6) is -1.64. The number of rotatable bonds is 5. The number of hydrogen-bond donors (Lipinski definition) is 0. The average molecular weight is 474 g/mol. The maximum Gasteiger partial charge on any atom is 0.277 e. The van der Waals surface area contributed by atoms with Crippen molar-refractivity contribution in [2.75, 3.05) is 14.2 Å². The quantitative estimate of drug-likeness (QED) is 0.494. The molecule has 2 amide bonds. The van der Waals surface area contributed by atoms with Crippen LogP contribution in [0.5, 0.6) is 0 Å². The first-order valence-electron chi connectivity index (χ1n) is 9.62. The van der Waals surface area contributed by atoms with Crippen molar-refractivity contribution >= 4 is 35.0 Å². The minimum atomic E-state index is -0.712. The van der Waals surface area contributed by atoms with Gasteiger partial charge in [-0.25, -0.2) is 9.45 Å². The van der Waals surface area contributed by atoms with Crippen molar-refractivity contribution in [1.82, 2.24) is 14.9 Å². The van der Waals surface area contributed by atoms with E-state index in [1.54, 1.807) is 36.4 Å². The molecule has 3 aromatic rings. The van der Waals surface area contributed by atoms with E-state index in [0.29, 0.717) is 21.3 Å². The Hall–Kier alpha value is -3.00. The maximum absolute atomic E-state index is 15.4. The van der Waals surface area contributed by atoms with Crippen LogP contribution in [0.4, 0.5) is 4.39 Å². The van der Waals surface area contributed by atoms with Crippen molar-refractivity contribution in [3.63, 3.8) is 0 Å². The first kappa shape index (κ1) is 22.2. The van der Waals surface area contributed by atoms with E-state index in [9.17, 15) is 9.59 Å². The predicted molar refractivity (Wildman–Crippen MR) is 118 cm³/mol. The Morgan fingerprint density at radius 1 is 1.16 bits per heavy atom.